The summed E-state index contributed by atoms with van der Waals surface area (Å²) in [6.45, 7) is 0. The van der Waals surface area contributed by atoms with Crippen LogP contribution in [0.15, 0.2) is 78.9 Å². The summed E-state index contributed by atoms with van der Waals surface area (Å²) in [5.41, 5.74) is 0.567. The minimum absolute atomic E-state index is 0.108. The number of halogens is 5. The molecule has 0 aliphatic heterocycles. The van der Waals surface area contributed by atoms with E-state index in [4.69, 9.17) is 0 Å². The summed E-state index contributed by atoms with van der Waals surface area (Å²) in [4.78, 5) is 0. The number of hydrogen-bond acceptors (Lipinski definition) is 0. The molecule has 0 aromatic heterocycles. The molecular weight excluding hydrogens is 407 g/mol. The lowest BCUT2D eigenvalue weighted by molar-refractivity contribution is 0.446. The van der Waals surface area contributed by atoms with Crippen molar-refractivity contribution in [2.24, 2.45) is 0 Å². The van der Waals surface area contributed by atoms with Gasteiger partial charge in [-0.1, -0.05) is 60.4 Å². The highest BCUT2D eigenvalue weighted by Gasteiger charge is 2.19. The highest BCUT2D eigenvalue weighted by Crippen LogP contribution is 2.35. The highest BCUT2D eigenvalue weighted by molar-refractivity contribution is 6.00. The predicted octanol–water partition coefficient (Wildman–Crippen LogP) is 7.42. The van der Waals surface area contributed by atoms with Crippen molar-refractivity contribution in [3.63, 3.8) is 0 Å². The van der Waals surface area contributed by atoms with Gasteiger partial charge in [-0.15, -0.1) is 0 Å². The van der Waals surface area contributed by atoms with Crippen molar-refractivity contribution in [1.82, 2.24) is 0 Å². The molecule has 0 saturated heterocycles. The van der Waals surface area contributed by atoms with Crippen molar-refractivity contribution in [3.05, 3.63) is 119 Å². The van der Waals surface area contributed by atoms with Crippen molar-refractivity contribution < 1.29 is 22.0 Å². The van der Waals surface area contributed by atoms with E-state index in [0.29, 0.717) is 28.5 Å². The van der Waals surface area contributed by atoms with Crippen LogP contribution in [-0.2, 0) is 0 Å². The molecule has 0 amide bonds. The van der Waals surface area contributed by atoms with Gasteiger partial charge in [0.05, 0.1) is 0 Å². The molecule has 0 spiro atoms. The van der Waals surface area contributed by atoms with E-state index in [-0.39, 0.29) is 5.56 Å². The first kappa shape index (κ1) is 20.4. The van der Waals surface area contributed by atoms with Crippen LogP contribution in [0.25, 0.3) is 22.4 Å². The van der Waals surface area contributed by atoms with E-state index in [0.717, 1.165) is 5.56 Å². The van der Waals surface area contributed by atoms with E-state index in [2.05, 4.69) is 11.8 Å². The molecule has 0 nitrogen and oxygen atoms in total. The van der Waals surface area contributed by atoms with Crippen molar-refractivity contribution in [2.75, 3.05) is 0 Å². The van der Waals surface area contributed by atoms with Crippen LogP contribution in [0.1, 0.15) is 22.3 Å². The van der Waals surface area contributed by atoms with E-state index in [1.807, 2.05) is 30.3 Å². The Morgan fingerprint density at radius 1 is 0.613 bits per heavy atom. The smallest absolute Gasteiger partial charge is 0.194 e. The van der Waals surface area contributed by atoms with Crippen molar-refractivity contribution in [1.29, 1.82) is 0 Å². The molecule has 5 heteroatoms. The van der Waals surface area contributed by atoms with Gasteiger partial charge in [-0.3, -0.25) is 0 Å². The minimum Gasteiger partial charge on any atom is -0.204 e. The van der Waals surface area contributed by atoms with Crippen LogP contribution in [-0.4, -0.2) is 0 Å². The fraction of sp³-hybridized carbons (Fsp3) is 0. The standard InChI is InChI=1S/C26H13F5/c27-22-14-18(15-23(28)26(22)31)24(29)25(30)21-13-12-17(19-8-4-5-9-20(19)21)11-10-16-6-2-1-3-7-16/h1-9,12-15H/b25-24+. The SMILES string of the molecule is F/C(=C(/F)c1ccc(C#Cc2ccccc2)c2ccccc12)c1cc(F)c(F)c(F)c1. The third-order valence-electron chi connectivity index (χ3n) is 4.71. The molecule has 4 aromatic carbocycles. The summed E-state index contributed by atoms with van der Waals surface area (Å²) in [7, 11) is 0. The van der Waals surface area contributed by atoms with E-state index < -0.39 is 34.7 Å². The lowest BCUT2D eigenvalue weighted by atomic mass is 9.97. The van der Waals surface area contributed by atoms with Crippen LogP contribution in [0.3, 0.4) is 0 Å². The van der Waals surface area contributed by atoms with Gasteiger partial charge in [0.25, 0.3) is 0 Å². The molecule has 0 bridgehead atoms. The van der Waals surface area contributed by atoms with E-state index >= 15 is 4.39 Å². The Balaban J connectivity index is 1.84. The van der Waals surface area contributed by atoms with Crippen LogP contribution in [0.2, 0.25) is 0 Å². The number of benzene rings is 4. The fourth-order valence-electron chi connectivity index (χ4n) is 3.19. The Morgan fingerprint density at radius 2 is 1.23 bits per heavy atom. The van der Waals surface area contributed by atoms with Gasteiger partial charge >= 0.3 is 0 Å². The zero-order valence-electron chi connectivity index (χ0n) is 15.9. The Kier molecular flexibility index (Phi) is 5.55. The van der Waals surface area contributed by atoms with Gasteiger partial charge in [0.2, 0.25) is 0 Å². The molecule has 0 heterocycles. The van der Waals surface area contributed by atoms with Crippen LogP contribution in [0, 0.1) is 29.3 Å². The quantitative estimate of drug-likeness (QED) is 0.137. The van der Waals surface area contributed by atoms with Crippen LogP contribution >= 0.6 is 0 Å². The van der Waals surface area contributed by atoms with Gasteiger partial charge in [-0.05, 0) is 41.1 Å². The summed E-state index contributed by atoms with van der Waals surface area (Å²) in [5, 5.41) is 0.959. The highest BCUT2D eigenvalue weighted by atomic mass is 19.2. The van der Waals surface area contributed by atoms with Gasteiger partial charge in [-0.2, -0.15) is 0 Å². The Bertz CT molecular complexity index is 1350. The normalized spacial score (nSPS) is 11.6. The Hall–Kier alpha value is -3.91. The number of rotatable bonds is 2. The third kappa shape index (κ3) is 4.06. The van der Waals surface area contributed by atoms with E-state index in [9.17, 15) is 17.6 Å². The van der Waals surface area contributed by atoms with Gasteiger partial charge in [0.1, 0.15) is 0 Å². The van der Waals surface area contributed by atoms with Crippen LogP contribution in [0.4, 0.5) is 22.0 Å². The molecule has 4 aromatic rings. The maximum absolute atomic E-state index is 15.0. The summed E-state index contributed by atoms with van der Waals surface area (Å²) in [6, 6.07) is 19.7. The maximum Gasteiger partial charge on any atom is 0.194 e. The fourth-order valence-corrected chi connectivity index (χ4v) is 3.19. The van der Waals surface area contributed by atoms with Gasteiger partial charge in [0, 0.05) is 22.3 Å². The van der Waals surface area contributed by atoms with Gasteiger partial charge < -0.3 is 0 Å². The molecule has 0 unspecified atom stereocenters. The van der Waals surface area contributed by atoms with Gasteiger partial charge in [0.15, 0.2) is 29.1 Å². The van der Waals surface area contributed by atoms with E-state index in [1.54, 1.807) is 30.3 Å². The van der Waals surface area contributed by atoms with E-state index in [1.165, 1.54) is 6.07 Å². The average molecular weight is 420 g/mol. The van der Waals surface area contributed by atoms with Crippen LogP contribution in [0.5, 0.6) is 0 Å². The second-order valence-electron chi connectivity index (χ2n) is 6.70. The number of fused-ring (bicyclic) bond motifs is 1. The molecule has 0 fully saturated rings. The van der Waals surface area contributed by atoms with Crippen LogP contribution < -0.4 is 0 Å². The maximum atomic E-state index is 15.0. The molecule has 0 N–H and O–H groups in total. The Labute approximate surface area is 175 Å². The topological polar surface area (TPSA) is 0 Å². The molecule has 31 heavy (non-hydrogen) atoms. The summed E-state index contributed by atoms with van der Waals surface area (Å²) in [6.07, 6.45) is 0. The average Bonchev–Trinajstić information content (AvgIpc) is 2.80. The lowest BCUT2D eigenvalue weighted by Gasteiger charge is -2.09. The molecule has 4 rings (SSSR count). The molecule has 0 atom stereocenters. The first-order valence-electron chi connectivity index (χ1n) is 9.25. The first-order chi connectivity index (χ1) is 15.0. The molecular formula is C26H13F5. The zero-order valence-corrected chi connectivity index (χ0v) is 15.9. The minimum atomic E-state index is -1.75. The predicted molar refractivity (Wildman–Crippen MR) is 112 cm³/mol. The van der Waals surface area contributed by atoms with Crippen molar-refractivity contribution >= 4 is 22.4 Å². The second kappa shape index (κ2) is 8.45. The van der Waals surface area contributed by atoms with Crippen molar-refractivity contribution in [2.45, 2.75) is 0 Å². The largest absolute Gasteiger partial charge is 0.204 e. The number of hydrogen-bond donors (Lipinski definition) is 0. The Morgan fingerprint density at radius 3 is 1.90 bits per heavy atom. The lowest BCUT2D eigenvalue weighted by Crippen LogP contribution is -1.94. The van der Waals surface area contributed by atoms with Gasteiger partial charge in [-0.25, -0.2) is 22.0 Å². The third-order valence-corrected chi connectivity index (χ3v) is 4.71. The molecule has 0 saturated carbocycles. The molecule has 0 aliphatic carbocycles. The summed E-state index contributed by atoms with van der Waals surface area (Å²) in [5.74, 6) is -1.71. The summed E-state index contributed by atoms with van der Waals surface area (Å²) >= 11 is 0. The summed E-state index contributed by atoms with van der Waals surface area (Å²) < 4.78 is 69.8. The molecule has 0 radical (unpaired) electrons. The molecule has 0 aliphatic rings. The second-order valence-corrected chi connectivity index (χ2v) is 6.70. The first-order valence-corrected chi connectivity index (χ1v) is 9.25. The zero-order chi connectivity index (χ0) is 22.0. The van der Waals surface area contributed by atoms with Crippen molar-refractivity contribution in [3.8, 4) is 11.8 Å². The molecule has 152 valence electrons. The monoisotopic (exact) mass is 420 g/mol.